The number of nitrogens with one attached hydrogen (secondary N) is 1. The third kappa shape index (κ3) is 5.99. The Balaban J connectivity index is 1.91. The number of carbonyl (C=O) groups excluding carboxylic acids is 1. The minimum absolute atomic E-state index is 0.00619. The predicted molar refractivity (Wildman–Crippen MR) is 136 cm³/mol. The molecule has 182 valence electrons. The van der Waals surface area contributed by atoms with Crippen LogP contribution in [0.1, 0.15) is 22.3 Å². The van der Waals surface area contributed by atoms with Gasteiger partial charge >= 0.3 is 0 Å². The van der Waals surface area contributed by atoms with Gasteiger partial charge in [0.05, 0.1) is 29.8 Å². The number of hydrogen-bond acceptors (Lipinski definition) is 5. The summed E-state index contributed by atoms with van der Waals surface area (Å²) in [5.41, 5.74) is 2.00. The van der Waals surface area contributed by atoms with Crippen molar-refractivity contribution in [1.29, 1.82) is 0 Å². The van der Waals surface area contributed by atoms with E-state index in [1.54, 1.807) is 19.1 Å². The van der Waals surface area contributed by atoms with E-state index in [4.69, 9.17) is 32.7 Å². The van der Waals surface area contributed by atoms with Crippen LogP contribution >= 0.6 is 23.2 Å². The normalized spacial score (nSPS) is 11.2. The number of carbonyl (C=O) groups is 1. The maximum atomic E-state index is 15.2. The van der Waals surface area contributed by atoms with Crippen molar-refractivity contribution in [1.82, 2.24) is 4.98 Å². The fourth-order valence-electron chi connectivity index (χ4n) is 3.40. The van der Waals surface area contributed by atoms with Crippen LogP contribution < -0.4 is 14.8 Å². The zero-order chi connectivity index (χ0) is 25.7. The van der Waals surface area contributed by atoms with E-state index >= 15 is 4.39 Å². The van der Waals surface area contributed by atoms with Gasteiger partial charge in [0.25, 0.3) is 0 Å². The van der Waals surface area contributed by atoms with Crippen molar-refractivity contribution in [2.45, 2.75) is 13.3 Å². The van der Waals surface area contributed by atoms with E-state index in [0.717, 1.165) is 0 Å². The molecule has 5 nitrogen and oxygen atoms in total. The lowest BCUT2D eigenvalue weighted by molar-refractivity contribution is -0.114. The molecule has 0 saturated carbocycles. The molecule has 2 aromatic carbocycles. The Hall–Kier alpha value is -3.42. The molecule has 1 N–H and O–H groups in total. The topological polar surface area (TPSA) is 60.5 Å². The Morgan fingerprint density at radius 1 is 1.14 bits per heavy atom. The largest absolute Gasteiger partial charge is 0.495 e. The molecule has 1 aromatic heterocycles. The van der Waals surface area contributed by atoms with Gasteiger partial charge < -0.3 is 14.8 Å². The second-order valence-corrected chi connectivity index (χ2v) is 8.24. The summed E-state index contributed by atoms with van der Waals surface area (Å²) in [6.45, 7) is 5.18. The molecule has 3 aromatic rings. The summed E-state index contributed by atoms with van der Waals surface area (Å²) < 4.78 is 39.5. The number of benzene rings is 2. The molecule has 3 rings (SSSR count). The number of ketones is 1. The van der Waals surface area contributed by atoms with Crippen molar-refractivity contribution in [3.63, 3.8) is 0 Å². The fourth-order valence-corrected chi connectivity index (χ4v) is 4.08. The van der Waals surface area contributed by atoms with E-state index in [9.17, 15) is 9.18 Å². The smallest absolute Gasteiger partial charge is 0.159 e. The van der Waals surface area contributed by atoms with Gasteiger partial charge in [-0.25, -0.2) is 13.8 Å². The SMILES string of the molecule is C=CC(=O)Cc1cc(F)cc(C)c1Nc1ccc(/C=C(\F)c2c(Cl)c(OC)cc(OC)c2Cl)cn1. The van der Waals surface area contributed by atoms with Crippen LogP contribution in [-0.4, -0.2) is 25.0 Å². The highest BCUT2D eigenvalue weighted by Crippen LogP contribution is 2.44. The lowest BCUT2D eigenvalue weighted by Crippen LogP contribution is -2.05. The van der Waals surface area contributed by atoms with Gasteiger partial charge in [0.15, 0.2) is 5.78 Å². The molecule has 0 saturated heterocycles. The number of allylic oxidation sites excluding steroid dienone is 1. The van der Waals surface area contributed by atoms with E-state index in [-0.39, 0.29) is 39.3 Å². The van der Waals surface area contributed by atoms with Crippen LogP contribution in [0.3, 0.4) is 0 Å². The molecular formula is C26H22Cl2F2N2O3. The molecule has 0 amide bonds. The summed E-state index contributed by atoms with van der Waals surface area (Å²) in [5, 5.41) is 3.12. The van der Waals surface area contributed by atoms with E-state index in [0.29, 0.717) is 28.2 Å². The number of aryl methyl sites for hydroxylation is 1. The van der Waals surface area contributed by atoms with E-state index in [1.807, 2.05) is 0 Å². The Morgan fingerprint density at radius 2 is 1.80 bits per heavy atom. The fraction of sp³-hybridized carbons (Fsp3) is 0.154. The average Bonchev–Trinajstić information content (AvgIpc) is 2.82. The van der Waals surface area contributed by atoms with Crippen molar-refractivity contribution in [3.8, 4) is 11.5 Å². The molecule has 0 aliphatic carbocycles. The van der Waals surface area contributed by atoms with Crippen molar-refractivity contribution < 1.29 is 23.0 Å². The van der Waals surface area contributed by atoms with Crippen molar-refractivity contribution in [2.24, 2.45) is 0 Å². The molecule has 0 fully saturated rings. The predicted octanol–water partition coefficient (Wildman–Crippen LogP) is 7.36. The van der Waals surface area contributed by atoms with Crippen LogP contribution in [0.25, 0.3) is 11.9 Å². The average molecular weight is 519 g/mol. The second kappa shape index (κ2) is 11.3. The molecule has 35 heavy (non-hydrogen) atoms. The van der Waals surface area contributed by atoms with Crippen LogP contribution in [0.15, 0.2) is 49.2 Å². The lowest BCUT2D eigenvalue weighted by atomic mass is 10.0. The summed E-state index contributed by atoms with van der Waals surface area (Å²) >= 11 is 12.6. The van der Waals surface area contributed by atoms with E-state index in [1.165, 1.54) is 50.8 Å². The summed E-state index contributed by atoms with van der Waals surface area (Å²) in [6.07, 6.45) is 3.84. The molecule has 0 aliphatic heterocycles. The van der Waals surface area contributed by atoms with Gasteiger partial charge in [-0.05, 0) is 60.0 Å². The highest BCUT2D eigenvalue weighted by atomic mass is 35.5. The van der Waals surface area contributed by atoms with Gasteiger partial charge in [-0.2, -0.15) is 0 Å². The number of anilines is 2. The Labute approximate surface area is 212 Å². The van der Waals surface area contributed by atoms with Gasteiger partial charge in [-0.1, -0.05) is 29.8 Å². The summed E-state index contributed by atoms with van der Waals surface area (Å²) in [4.78, 5) is 16.1. The maximum Gasteiger partial charge on any atom is 0.159 e. The number of nitrogens with zero attached hydrogens (tertiary/aromatic N) is 1. The number of ether oxygens (including phenoxy) is 2. The highest BCUT2D eigenvalue weighted by molar-refractivity contribution is 6.39. The molecular weight excluding hydrogens is 497 g/mol. The standard InChI is InChI=1S/C26H22Cl2F2N2O3/c1-5-18(33)11-16-10-17(29)8-14(2)26(16)32-22-7-6-15(13-31-22)9-19(30)23-24(27)20(34-3)12-21(35-4)25(23)28/h5-10,12-13H,1,11H2,2-4H3,(H,31,32)/b19-9-. The van der Waals surface area contributed by atoms with E-state index < -0.39 is 11.6 Å². The minimum Gasteiger partial charge on any atom is -0.495 e. The first kappa shape index (κ1) is 26.2. The molecule has 0 bridgehead atoms. The minimum atomic E-state index is -0.709. The zero-order valence-corrected chi connectivity index (χ0v) is 20.7. The molecule has 0 unspecified atom stereocenters. The van der Waals surface area contributed by atoms with Gasteiger partial charge in [-0.15, -0.1) is 0 Å². The first-order valence-electron chi connectivity index (χ1n) is 10.3. The second-order valence-electron chi connectivity index (χ2n) is 7.48. The Bertz CT molecular complexity index is 1280. The van der Waals surface area contributed by atoms with Gasteiger partial charge in [-0.3, -0.25) is 4.79 Å². The molecule has 0 radical (unpaired) electrons. The first-order chi connectivity index (χ1) is 16.7. The van der Waals surface area contributed by atoms with Crippen LogP contribution in [0.2, 0.25) is 10.0 Å². The van der Waals surface area contributed by atoms with Crippen LogP contribution in [0, 0.1) is 12.7 Å². The summed E-state index contributed by atoms with van der Waals surface area (Å²) in [5.74, 6) is -0.555. The van der Waals surface area contributed by atoms with Crippen LogP contribution in [-0.2, 0) is 11.2 Å². The molecule has 0 atom stereocenters. The van der Waals surface area contributed by atoms with Crippen LogP contribution in [0.5, 0.6) is 11.5 Å². The number of hydrogen-bond donors (Lipinski definition) is 1. The molecule has 0 spiro atoms. The lowest BCUT2D eigenvalue weighted by Gasteiger charge is -2.15. The zero-order valence-electron chi connectivity index (χ0n) is 19.2. The first-order valence-corrected chi connectivity index (χ1v) is 11.1. The highest BCUT2D eigenvalue weighted by Gasteiger charge is 2.20. The van der Waals surface area contributed by atoms with Crippen molar-refractivity contribution in [2.75, 3.05) is 19.5 Å². The van der Waals surface area contributed by atoms with E-state index in [2.05, 4.69) is 16.9 Å². The maximum absolute atomic E-state index is 15.2. The molecule has 9 heteroatoms. The number of rotatable bonds is 9. The van der Waals surface area contributed by atoms with Crippen molar-refractivity contribution >= 4 is 52.4 Å². The monoisotopic (exact) mass is 518 g/mol. The molecule has 0 aliphatic rings. The third-order valence-corrected chi connectivity index (χ3v) is 5.87. The molecule has 1 heterocycles. The number of aromatic nitrogens is 1. The third-order valence-electron chi connectivity index (χ3n) is 5.12. The van der Waals surface area contributed by atoms with Gasteiger partial charge in [0.2, 0.25) is 0 Å². The Kier molecular flexibility index (Phi) is 8.48. The summed E-state index contributed by atoms with van der Waals surface area (Å²) in [7, 11) is 2.80. The van der Waals surface area contributed by atoms with Crippen molar-refractivity contribution in [3.05, 3.63) is 87.3 Å². The summed E-state index contributed by atoms with van der Waals surface area (Å²) in [6, 6.07) is 7.36. The van der Waals surface area contributed by atoms with Crippen LogP contribution in [0.4, 0.5) is 20.3 Å². The van der Waals surface area contributed by atoms with Gasteiger partial charge in [0.1, 0.15) is 29.0 Å². The number of pyridine rings is 1. The quantitative estimate of drug-likeness (QED) is 0.300. The van der Waals surface area contributed by atoms with Gasteiger partial charge in [0, 0.05) is 24.4 Å². The number of methoxy groups -OCH3 is 2. The number of halogens is 4. The Morgan fingerprint density at radius 3 is 2.34 bits per heavy atom.